The van der Waals surface area contributed by atoms with Crippen molar-refractivity contribution in [3.05, 3.63) is 11.6 Å². The van der Waals surface area contributed by atoms with Crippen LogP contribution in [0, 0.1) is 91.7 Å². The van der Waals surface area contributed by atoms with E-state index in [1.165, 1.54) is 5.57 Å². The Morgan fingerprint density at radius 1 is 0.696 bits per heavy atom. The van der Waals surface area contributed by atoms with Crippen molar-refractivity contribution in [3.8, 4) is 0 Å². The average molecular weight is 969 g/mol. The molecule has 12 heteroatoms. The van der Waals surface area contributed by atoms with E-state index < -0.39 is 78.1 Å². The fourth-order valence-electron chi connectivity index (χ4n) is 17.1. The Morgan fingerprint density at radius 3 is 1.94 bits per heavy atom. The first-order valence-electron chi connectivity index (χ1n) is 27.3. The van der Waals surface area contributed by atoms with E-state index in [1.54, 1.807) is 7.11 Å². The molecule has 2 N–H and O–H groups in total. The summed E-state index contributed by atoms with van der Waals surface area (Å²) in [6, 6.07) is 0. The van der Waals surface area contributed by atoms with Gasteiger partial charge in [-0.25, -0.2) is 4.79 Å². The molecule has 0 amide bonds. The van der Waals surface area contributed by atoms with E-state index in [1.807, 2.05) is 6.92 Å². The number of carboxylic acid groups (broad SMARTS) is 2. The van der Waals surface area contributed by atoms with Gasteiger partial charge in [0.2, 0.25) is 0 Å². The number of carboxylic acids is 2. The topological polar surface area (TPSA) is 156 Å². The molecule has 3 heterocycles. The van der Waals surface area contributed by atoms with Gasteiger partial charge in [-0.1, -0.05) is 109 Å². The van der Waals surface area contributed by atoms with Crippen molar-refractivity contribution in [3.63, 3.8) is 0 Å². The molecule has 12 unspecified atom stereocenters. The van der Waals surface area contributed by atoms with Crippen molar-refractivity contribution >= 4 is 18.2 Å². The SMILES string of the molecule is CCC1O[C@@H](OC2[C@H](O[C@H]3CCC4(C)C5CC=C6C7CC(C)(C)CC[C@]7(C(=O)O)C(OC)CC6(C)C5(C)CC[C@H]4[C@@]3(C)C=O)OC(C(=O)O)[C@H](C)[C@@H]2O[C@H]2O[C@@H](C)[C@@H](C)C(C)C2C)C(C)[C@@H](C)[C@H]1C. The Morgan fingerprint density at radius 2 is 1.33 bits per heavy atom. The Hall–Kier alpha value is -1.93. The van der Waals surface area contributed by atoms with Crippen molar-refractivity contribution in [2.24, 2.45) is 91.7 Å². The van der Waals surface area contributed by atoms with Crippen molar-refractivity contribution in [1.29, 1.82) is 0 Å². The maximum absolute atomic E-state index is 14.1. The van der Waals surface area contributed by atoms with Crippen LogP contribution in [0.3, 0.4) is 0 Å². The van der Waals surface area contributed by atoms with E-state index in [4.69, 9.17) is 33.2 Å². The molecule has 0 aromatic carbocycles. The predicted octanol–water partition coefficient (Wildman–Crippen LogP) is 11.0. The number of fused-ring (bicyclic) bond motifs is 7. The lowest BCUT2D eigenvalue weighted by atomic mass is 9.33. The summed E-state index contributed by atoms with van der Waals surface area (Å²) in [5, 5.41) is 21.9. The number of hydrogen-bond acceptors (Lipinski definition) is 10. The molecule has 0 aromatic heterocycles. The van der Waals surface area contributed by atoms with Gasteiger partial charge in [-0.15, -0.1) is 0 Å². The molecular weight excluding hydrogens is 877 g/mol. The van der Waals surface area contributed by atoms with Gasteiger partial charge in [0, 0.05) is 24.9 Å². The van der Waals surface area contributed by atoms with E-state index >= 15 is 0 Å². The predicted molar refractivity (Wildman–Crippen MR) is 262 cm³/mol. The first-order valence-corrected chi connectivity index (χ1v) is 27.3. The Labute approximate surface area is 414 Å². The van der Waals surface area contributed by atoms with Gasteiger partial charge in [0.25, 0.3) is 0 Å². The molecular formula is C57H92O12. The highest BCUT2D eigenvalue weighted by Crippen LogP contribution is 2.76. The van der Waals surface area contributed by atoms with Gasteiger partial charge in [-0.2, -0.15) is 0 Å². The first kappa shape index (κ1) is 53.4. The molecule has 8 rings (SSSR count). The number of aldehydes is 1. The minimum atomic E-state index is -1.27. The van der Waals surface area contributed by atoms with Crippen molar-refractivity contribution in [2.75, 3.05) is 7.11 Å². The summed E-state index contributed by atoms with van der Waals surface area (Å²) in [4.78, 5) is 40.9. The lowest BCUT2D eigenvalue weighted by Crippen LogP contribution is -2.68. The number of carbonyl (C=O) groups is 3. The third-order valence-electron chi connectivity index (χ3n) is 22.8. The molecule has 12 nitrogen and oxygen atoms in total. The molecule has 0 spiro atoms. The summed E-state index contributed by atoms with van der Waals surface area (Å²) in [5.41, 5.74) is -1.32. The average Bonchev–Trinajstić information content (AvgIpc) is 3.29. The summed E-state index contributed by atoms with van der Waals surface area (Å²) < 4.78 is 47.9. The van der Waals surface area contributed by atoms with E-state index in [-0.39, 0.29) is 75.3 Å². The Bertz CT molecular complexity index is 1950. The maximum atomic E-state index is 14.1. The van der Waals surface area contributed by atoms with Crippen LogP contribution in [0.2, 0.25) is 0 Å². The zero-order valence-corrected chi connectivity index (χ0v) is 45.2. The van der Waals surface area contributed by atoms with E-state index in [2.05, 4.69) is 103 Å². The van der Waals surface area contributed by atoms with Crippen LogP contribution in [0.5, 0.6) is 0 Å². The Kier molecular flexibility index (Phi) is 14.5. The van der Waals surface area contributed by atoms with Crippen LogP contribution in [-0.4, -0.2) is 97.1 Å². The summed E-state index contributed by atoms with van der Waals surface area (Å²) in [6.07, 6.45) is 4.65. The molecule has 3 aliphatic heterocycles. The summed E-state index contributed by atoms with van der Waals surface area (Å²) in [5.74, 6) is -1.20. The van der Waals surface area contributed by atoms with Crippen molar-refractivity contribution in [2.45, 2.75) is 230 Å². The van der Waals surface area contributed by atoms with Crippen LogP contribution >= 0.6 is 0 Å². The number of methoxy groups -OCH3 is 1. The highest BCUT2D eigenvalue weighted by Gasteiger charge is 2.72. The van der Waals surface area contributed by atoms with Gasteiger partial charge < -0.3 is 48.2 Å². The molecule has 4 saturated carbocycles. The molecule has 392 valence electrons. The van der Waals surface area contributed by atoms with Gasteiger partial charge in [0.05, 0.1) is 35.9 Å². The smallest absolute Gasteiger partial charge is 0.333 e. The zero-order valence-electron chi connectivity index (χ0n) is 45.2. The largest absolute Gasteiger partial charge is 0.481 e. The van der Waals surface area contributed by atoms with Crippen LogP contribution in [0.4, 0.5) is 0 Å². The van der Waals surface area contributed by atoms with Gasteiger partial charge in [-0.3, -0.25) is 4.79 Å². The molecule has 25 atom stereocenters. The van der Waals surface area contributed by atoms with Crippen LogP contribution in [0.15, 0.2) is 11.6 Å². The van der Waals surface area contributed by atoms with Gasteiger partial charge >= 0.3 is 11.9 Å². The third kappa shape index (κ3) is 8.18. The highest BCUT2D eigenvalue weighted by atomic mass is 16.8. The maximum Gasteiger partial charge on any atom is 0.333 e. The molecule has 5 aliphatic carbocycles. The standard InChI is InChI=1S/C57H92O12/c1-17-39-32(5)30(3)34(7)49(65-39)69-46-44(67-48-33(6)29(2)31(4)36(9)64-48)35(8)45(47(59)60)68-50(46)66-42-21-22-53(12)40(54(42,13)28-58)20-23-55(14)41(53)19-18-37-38-26-52(10,11)24-25-57(38,51(61)62)43(63-16)27-56(37,55)15/h18,28-36,38-46,48-50H,17,19-27H2,1-16H3,(H,59,60)(H,61,62)/t29?,30-,31-,32+,33?,34?,35+,36-,38?,39?,40+,41?,42-,43?,44-,45?,46?,48+,49-,50+,53?,54+,55?,56?,57+/m0/s1. The quantitative estimate of drug-likeness (QED) is 0.115. The molecule has 7 fully saturated rings. The number of ether oxygens (including phenoxy) is 7. The van der Waals surface area contributed by atoms with Crippen LogP contribution in [0.1, 0.15) is 168 Å². The lowest BCUT2D eigenvalue weighted by molar-refractivity contribution is -0.377. The number of carbonyl (C=O) groups excluding carboxylic acids is 1. The minimum Gasteiger partial charge on any atom is -0.481 e. The number of hydrogen-bond donors (Lipinski definition) is 2. The van der Waals surface area contributed by atoms with Crippen molar-refractivity contribution < 1.29 is 57.8 Å². The number of allylic oxidation sites excluding steroid dienone is 2. The van der Waals surface area contributed by atoms with Crippen LogP contribution in [0.25, 0.3) is 0 Å². The van der Waals surface area contributed by atoms with Crippen LogP contribution < -0.4 is 0 Å². The number of rotatable bonds is 11. The second-order valence-corrected chi connectivity index (χ2v) is 26.3. The third-order valence-corrected chi connectivity index (χ3v) is 22.8. The first-order chi connectivity index (χ1) is 32.2. The minimum absolute atomic E-state index is 0.00919. The summed E-state index contributed by atoms with van der Waals surface area (Å²) in [7, 11) is 1.71. The molecule has 8 aliphatic rings. The molecule has 0 bridgehead atoms. The van der Waals surface area contributed by atoms with E-state index in [0.29, 0.717) is 31.1 Å². The monoisotopic (exact) mass is 969 g/mol. The molecule has 0 aromatic rings. The van der Waals surface area contributed by atoms with E-state index in [0.717, 1.165) is 51.2 Å². The number of aliphatic carboxylic acids is 2. The molecule has 0 radical (unpaired) electrons. The molecule has 69 heavy (non-hydrogen) atoms. The normalized spacial score (nSPS) is 53.9. The fraction of sp³-hybridized carbons (Fsp3) is 0.912. The fourth-order valence-corrected chi connectivity index (χ4v) is 17.1. The van der Waals surface area contributed by atoms with Gasteiger partial charge in [0.15, 0.2) is 25.0 Å². The van der Waals surface area contributed by atoms with Crippen molar-refractivity contribution in [1.82, 2.24) is 0 Å². The second kappa shape index (κ2) is 18.8. The second-order valence-electron chi connectivity index (χ2n) is 26.3. The van der Waals surface area contributed by atoms with E-state index in [9.17, 15) is 24.6 Å². The molecule has 3 saturated heterocycles. The van der Waals surface area contributed by atoms with Gasteiger partial charge in [-0.05, 0) is 134 Å². The lowest BCUT2D eigenvalue weighted by Gasteiger charge is -2.71. The Balaban J connectivity index is 1.14. The van der Waals surface area contributed by atoms with Gasteiger partial charge in [0.1, 0.15) is 17.8 Å². The summed E-state index contributed by atoms with van der Waals surface area (Å²) >= 11 is 0. The summed E-state index contributed by atoms with van der Waals surface area (Å²) in [6.45, 7) is 33.2. The van der Waals surface area contributed by atoms with Crippen LogP contribution in [-0.2, 0) is 47.5 Å². The zero-order chi connectivity index (χ0) is 50.7. The highest BCUT2D eigenvalue weighted by molar-refractivity contribution is 5.78.